The second-order valence-corrected chi connectivity index (χ2v) is 17.3. The average molecular weight is 991 g/mol. The van der Waals surface area contributed by atoms with E-state index in [1.165, 1.54) is 44.9 Å². The van der Waals surface area contributed by atoms with Crippen LogP contribution >= 0.6 is 0 Å². The van der Waals surface area contributed by atoms with Gasteiger partial charge in [-0.15, -0.1) is 0 Å². The quantitative estimate of drug-likeness (QED) is 0.0353. The molecule has 404 valence electrons. The number of methoxy groups -OCH3 is 1. The highest BCUT2D eigenvalue weighted by Crippen LogP contribution is 2.14. The SMILES string of the molecule is CCC(=O)NCCOCCOCC(=O)NCCCC[C@H](C)C(C)=O.COCCOCCCC(=O)CCC(NC(=O)CCCCCCCCCCCCCCCCC(=O)O)C(=O)O.C[C@H](CO)C(N)=O. The summed E-state index contributed by atoms with van der Waals surface area (Å²) in [7, 11) is 1.59. The zero-order valence-electron chi connectivity index (χ0n) is 43.1. The van der Waals surface area contributed by atoms with Crippen molar-refractivity contribution in [2.45, 2.75) is 188 Å². The molecule has 0 aliphatic heterocycles. The lowest BCUT2D eigenvalue weighted by molar-refractivity contribution is -0.142. The lowest BCUT2D eigenvalue weighted by Crippen LogP contribution is -2.41. The average Bonchev–Trinajstić information content (AvgIpc) is 3.31. The van der Waals surface area contributed by atoms with Gasteiger partial charge in [0.05, 0.1) is 45.6 Å². The second kappa shape index (κ2) is 51.8. The number of carbonyl (C=O) groups excluding carboxylic acids is 6. The molecule has 0 bridgehead atoms. The maximum atomic E-state index is 12.2. The molecule has 0 spiro atoms. The highest BCUT2D eigenvalue weighted by molar-refractivity contribution is 5.85. The Bertz CT molecular complexity index is 1340. The lowest BCUT2D eigenvalue weighted by Gasteiger charge is -2.14. The second-order valence-electron chi connectivity index (χ2n) is 17.3. The Balaban J connectivity index is -0.00000119. The van der Waals surface area contributed by atoms with E-state index in [-0.39, 0.29) is 67.7 Å². The molecular formula is C50H94N4O15. The van der Waals surface area contributed by atoms with Crippen molar-refractivity contribution >= 4 is 47.1 Å². The Morgan fingerprint density at radius 2 is 1.06 bits per heavy atom. The van der Waals surface area contributed by atoms with E-state index in [4.69, 9.17) is 34.9 Å². The van der Waals surface area contributed by atoms with Crippen LogP contribution in [-0.4, -0.2) is 142 Å². The van der Waals surface area contributed by atoms with Crippen LogP contribution in [0.2, 0.25) is 0 Å². The Morgan fingerprint density at radius 3 is 1.55 bits per heavy atom. The van der Waals surface area contributed by atoms with Gasteiger partial charge in [-0.05, 0) is 45.4 Å². The van der Waals surface area contributed by atoms with Crippen LogP contribution in [0.15, 0.2) is 0 Å². The fraction of sp³-hybridized carbons (Fsp3) is 0.840. The molecule has 0 radical (unpaired) electrons. The fourth-order valence-corrected chi connectivity index (χ4v) is 6.17. The van der Waals surface area contributed by atoms with Crippen LogP contribution in [-0.2, 0) is 57.3 Å². The molecule has 8 N–H and O–H groups in total. The molecule has 4 amide bonds. The zero-order chi connectivity index (χ0) is 52.3. The summed E-state index contributed by atoms with van der Waals surface area (Å²) in [5.41, 5.74) is 4.75. The van der Waals surface area contributed by atoms with Gasteiger partial charge < -0.3 is 56.0 Å². The number of carboxylic acids is 2. The number of unbranched alkanes of at least 4 members (excludes halogenated alkanes) is 14. The predicted molar refractivity (Wildman–Crippen MR) is 264 cm³/mol. The van der Waals surface area contributed by atoms with Gasteiger partial charge in [0.25, 0.3) is 0 Å². The van der Waals surface area contributed by atoms with Crippen LogP contribution in [0, 0.1) is 11.8 Å². The van der Waals surface area contributed by atoms with E-state index < -0.39 is 29.8 Å². The molecule has 1 unspecified atom stereocenters. The largest absolute Gasteiger partial charge is 0.481 e. The van der Waals surface area contributed by atoms with Gasteiger partial charge in [-0.1, -0.05) is 104 Å². The molecule has 0 aromatic rings. The third kappa shape index (κ3) is 54.8. The topological polar surface area (TPSA) is 296 Å². The molecular weight excluding hydrogens is 897 g/mol. The molecule has 0 saturated heterocycles. The Hall–Kier alpha value is -4.04. The Morgan fingerprint density at radius 1 is 0.536 bits per heavy atom. The lowest BCUT2D eigenvalue weighted by atomic mass is 10.0. The third-order valence-corrected chi connectivity index (χ3v) is 10.9. The summed E-state index contributed by atoms with van der Waals surface area (Å²) in [6, 6.07) is -1.03. The van der Waals surface area contributed by atoms with Gasteiger partial charge in [-0.3, -0.25) is 33.6 Å². The first-order valence-electron chi connectivity index (χ1n) is 25.4. The number of rotatable bonds is 46. The zero-order valence-corrected chi connectivity index (χ0v) is 43.1. The fourth-order valence-electron chi connectivity index (χ4n) is 6.17. The highest BCUT2D eigenvalue weighted by Gasteiger charge is 2.21. The van der Waals surface area contributed by atoms with E-state index in [9.17, 15) is 43.5 Å². The number of nitrogens with two attached hydrogens (primary N) is 1. The van der Waals surface area contributed by atoms with Gasteiger partial charge >= 0.3 is 11.9 Å². The number of carbonyl (C=O) groups is 8. The summed E-state index contributed by atoms with van der Waals surface area (Å²) in [5, 5.41) is 34.2. The number of carboxylic acid groups (broad SMARTS) is 2. The van der Waals surface area contributed by atoms with E-state index in [1.807, 2.05) is 6.92 Å². The summed E-state index contributed by atoms with van der Waals surface area (Å²) in [5.74, 6) is -2.79. The number of hydrogen-bond donors (Lipinski definition) is 7. The molecule has 0 aliphatic rings. The van der Waals surface area contributed by atoms with E-state index in [2.05, 4.69) is 16.0 Å². The van der Waals surface area contributed by atoms with Crippen molar-refractivity contribution in [3.8, 4) is 0 Å². The van der Waals surface area contributed by atoms with Crippen molar-refractivity contribution in [3.63, 3.8) is 0 Å². The number of aliphatic hydroxyl groups is 1. The van der Waals surface area contributed by atoms with Crippen LogP contribution in [0.4, 0.5) is 0 Å². The van der Waals surface area contributed by atoms with Crippen molar-refractivity contribution in [1.82, 2.24) is 16.0 Å². The van der Waals surface area contributed by atoms with Gasteiger partial charge in [0.15, 0.2) is 0 Å². The number of ketones is 2. The summed E-state index contributed by atoms with van der Waals surface area (Å²) in [6.07, 6.45) is 20.4. The van der Waals surface area contributed by atoms with E-state index in [0.717, 1.165) is 64.2 Å². The van der Waals surface area contributed by atoms with E-state index in [0.29, 0.717) is 78.4 Å². The molecule has 0 saturated carbocycles. The number of ether oxygens (including phenoxy) is 4. The third-order valence-electron chi connectivity index (χ3n) is 10.9. The maximum Gasteiger partial charge on any atom is 0.326 e. The first kappa shape index (κ1) is 69.2. The van der Waals surface area contributed by atoms with Crippen LogP contribution < -0.4 is 21.7 Å². The van der Waals surface area contributed by atoms with E-state index >= 15 is 0 Å². The van der Waals surface area contributed by atoms with Crippen LogP contribution in [0.25, 0.3) is 0 Å². The minimum atomic E-state index is -1.11. The van der Waals surface area contributed by atoms with E-state index in [1.54, 1.807) is 27.9 Å². The monoisotopic (exact) mass is 991 g/mol. The number of nitrogens with one attached hydrogen (secondary N) is 3. The molecule has 69 heavy (non-hydrogen) atoms. The Kier molecular flexibility index (Phi) is 52.0. The van der Waals surface area contributed by atoms with Crippen molar-refractivity contribution in [3.05, 3.63) is 0 Å². The van der Waals surface area contributed by atoms with Crippen molar-refractivity contribution in [2.75, 3.05) is 73.1 Å². The number of Topliss-reactive ketones (excluding diaryl/α,β-unsaturated/α-hetero) is 2. The van der Waals surface area contributed by atoms with Gasteiger partial charge in [-0.25, -0.2) is 4.79 Å². The summed E-state index contributed by atoms with van der Waals surface area (Å²) in [6.45, 7) is 10.5. The molecule has 19 nitrogen and oxygen atoms in total. The Labute approximate surface area is 413 Å². The van der Waals surface area contributed by atoms with Crippen LogP contribution in [0.3, 0.4) is 0 Å². The summed E-state index contributed by atoms with van der Waals surface area (Å²) >= 11 is 0. The molecule has 0 aromatic carbocycles. The van der Waals surface area contributed by atoms with Crippen LogP contribution in [0.1, 0.15) is 182 Å². The van der Waals surface area contributed by atoms with Crippen molar-refractivity contribution in [2.24, 2.45) is 17.6 Å². The van der Waals surface area contributed by atoms with Gasteiger partial charge in [-0.2, -0.15) is 0 Å². The maximum absolute atomic E-state index is 12.2. The normalized spacial score (nSPS) is 12.0. The van der Waals surface area contributed by atoms with Gasteiger partial charge in [0.1, 0.15) is 24.2 Å². The highest BCUT2D eigenvalue weighted by atomic mass is 16.5. The minimum absolute atomic E-state index is 0.00210. The minimum Gasteiger partial charge on any atom is -0.481 e. The number of aliphatic carboxylic acids is 2. The molecule has 3 atom stereocenters. The van der Waals surface area contributed by atoms with Crippen molar-refractivity contribution < 1.29 is 72.6 Å². The summed E-state index contributed by atoms with van der Waals surface area (Å²) < 4.78 is 20.7. The standard InChI is InChI=1S/C29H53NO8.C17H32N2O5.C4H9NO2/c1-37-23-24-38-22-16-17-25(31)20-21-26(29(35)36)30-27(32)18-14-12-10-8-6-4-2-3-5-7-9-11-13-15-19-28(33)34;1-4-16(21)19-9-10-23-11-12-24-13-17(22)18-8-6-5-7-14(2)15(3)20;1-3(2-6)4(5)7/h26H,2-24H2,1H3,(H,30,32)(H,33,34)(H,35,36);14H,4-13H2,1-3H3,(H,18,22)(H,19,21);3,6H,2H2,1H3,(H2,5,7)/t;14-;3-/m.01/s1. The number of amides is 4. The molecule has 0 aliphatic carbocycles. The number of primary amides is 1. The molecule has 0 heterocycles. The van der Waals surface area contributed by atoms with Crippen molar-refractivity contribution in [1.29, 1.82) is 0 Å². The molecule has 19 heteroatoms. The van der Waals surface area contributed by atoms with Gasteiger partial charge in [0, 0.05) is 64.8 Å². The number of aliphatic hydroxyl groups excluding tert-OH is 1. The van der Waals surface area contributed by atoms with Crippen LogP contribution in [0.5, 0.6) is 0 Å². The van der Waals surface area contributed by atoms with Gasteiger partial charge in [0.2, 0.25) is 23.6 Å². The first-order chi connectivity index (χ1) is 33.0. The predicted octanol–water partition coefficient (Wildman–Crippen LogP) is 5.83. The molecule has 0 aromatic heterocycles. The smallest absolute Gasteiger partial charge is 0.326 e. The molecule has 0 fully saturated rings. The first-order valence-corrected chi connectivity index (χ1v) is 25.4. The number of hydrogen-bond acceptors (Lipinski definition) is 13. The summed E-state index contributed by atoms with van der Waals surface area (Å²) in [4.78, 5) is 89.6. The molecule has 0 rings (SSSR count).